The fourth-order valence-electron chi connectivity index (χ4n) is 1.71. The molecule has 4 heteroatoms. The van der Waals surface area contributed by atoms with Gasteiger partial charge in [0.25, 0.3) is 0 Å². The van der Waals surface area contributed by atoms with Crippen LogP contribution in [0.2, 0.25) is 0 Å². The van der Waals surface area contributed by atoms with E-state index in [1.54, 1.807) is 0 Å². The fourth-order valence-corrected chi connectivity index (χ4v) is 2.09. The third kappa shape index (κ3) is 3.19. The summed E-state index contributed by atoms with van der Waals surface area (Å²) in [5, 5.41) is 0. The molecule has 0 aromatic heterocycles. The van der Waals surface area contributed by atoms with Gasteiger partial charge in [-0.2, -0.15) is 0 Å². The number of hydrogen-bond donors (Lipinski definition) is 0. The van der Waals surface area contributed by atoms with Gasteiger partial charge in [0.05, 0.1) is 18.9 Å². The molecule has 0 fully saturated rings. The Morgan fingerprint density at radius 3 is 2.47 bits per heavy atom. The molecule has 0 N–H and O–H groups in total. The molecule has 0 amide bonds. The molecule has 0 aliphatic carbocycles. The SMILES string of the molecule is POc1cccc(Cc2ccccc2OP)c1. The summed E-state index contributed by atoms with van der Waals surface area (Å²) in [5.74, 6) is 1.73. The van der Waals surface area contributed by atoms with Crippen molar-refractivity contribution >= 4 is 18.9 Å². The third-order valence-electron chi connectivity index (χ3n) is 2.53. The van der Waals surface area contributed by atoms with Crippen molar-refractivity contribution in [2.24, 2.45) is 0 Å². The van der Waals surface area contributed by atoms with Crippen LogP contribution in [0.15, 0.2) is 48.5 Å². The lowest BCUT2D eigenvalue weighted by atomic mass is 10.0. The lowest BCUT2D eigenvalue weighted by Crippen LogP contribution is -1.91. The molecule has 0 bridgehead atoms. The smallest absolute Gasteiger partial charge is 0.126 e. The van der Waals surface area contributed by atoms with Crippen molar-refractivity contribution in [3.8, 4) is 11.5 Å². The second-order valence-corrected chi connectivity index (χ2v) is 4.14. The average Bonchev–Trinajstić information content (AvgIpc) is 2.39. The predicted octanol–water partition coefficient (Wildman–Crippen LogP) is 3.62. The highest BCUT2D eigenvalue weighted by Gasteiger charge is 2.03. The van der Waals surface area contributed by atoms with E-state index in [9.17, 15) is 0 Å². The van der Waals surface area contributed by atoms with E-state index in [0.29, 0.717) is 0 Å². The summed E-state index contributed by atoms with van der Waals surface area (Å²) in [6.45, 7) is 0. The van der Waals surface area contributed by atoms with Crippen molar-refractivity contribution in [2.45, 2.75) is 6.42 Å². The summed E-state index contributed by atoms with van der Waals surface area (Å²) in [6, 6.07) is 16.0. The molecular formula is C13H14O2P2. The van der Waals surface area contributed by atoms with Gasteiger partial charge in [-0.15, -0.1) is 0 Å². The lowest BCUT2D eigenvalue weighted by molar-refractivity contribution is 0.634. The normalized spacial score (nSPS) is 10.0. The van der Waals surface area contributed by atoms with Crippen LogP contribution in [0.25, 0.3) is 0 Å². The van der Waals surface area contributed by atoms with Gasteiger partial charge < -0.3 is 9.05 Å². The van der Waals surface area contributed by atoms with Gasteiger partial charge in [-0.1, -0.05) is 30.3 Å². The van der Waals surface area contributed by atoms with E-state index in [2.05, 4.69) is 31.1 Å². The highest BCUT2D eigenvalue weighted by atomic mass is 31.0. The lowest BCUT2D eigenvalue weighted by Gasteiger charge is -2.08. The standard InChI is InChI=1S/C13H14O2P2/c16-14-12-6-3-4-10(9-12)8-11-5-1-2-7-13(11)15-17/h1-7,9H,8,16-17H2. The molecular weight excluding hydrogens is 250 g/mol. The van der Waals surface area contributed by atoms with Crippen LogP contribution in [-0.4, -0.2) is 0 Å². The Labute approximate surface area is 106 Å². The summed E-state index contributed by atoms with van der Waals surface area (Å²) in [5.41, 5.74) is 2.35. The fraction of sp³-hybridized carbons (Fsp3) is 0.0769. The molecule has 2 nitrogen and oxygen atoms in total. The molecule has 0 saturated carbocycles. The number of hydrogen-bond acceptors (Lipinski definition) is 2. The summed E-state index contributed by atoms with van der Waals surface area (Å²) < 4.78 is 10.4. The van der Waals surface area contributed by atoms with Crippen LogP contribution in [0.3, 0.4) is 0 Å². The van der Waals surface area contributed by atoms with Gasteiger partial charge in [0.2, 0.25) is 0 Å². The maximum atomic E-state index is 5.26. The molecule has 2 aromatic carbocycles. The van der Waals surface area contributed by atoms with Gasteiger partial charge in [0, 0.05) is 6.42 Å². The Kier molecular flexibility index (Phi) is 4.36. The van der Waals surface area contributed by atoms with Crippen molar-refractivity contribution < 1.29 is 9.05 Å². The predicted molar refractivity (Wildman–Crippen MR) is 76.4 cm³/mol. The first kappa shape index (κ1) is 12.4. The van der Waals surface area contributed by atoms with Gasteiger partial charge in [0.15, 0.2) is 0 Å². The molecule has 0 aliphatic heterocycles. The van der Waals surface area contributed by atoms with Gasteiger partial charge >= 0.3 is 0 Å². The van der Waals surface area contributed by atoms with E-state index < -0.39 is 0 Å². The zero-order valence-corrected chi connectivity index (χ0v) is 11.6. The van der Waals surface area contributed by atoms with Crippen LogP contribution in [0.4, 0.5) is 0 Å². The molecule has 2 atom stereocenters. The van der Waals surface area contributed by atoms with Gasteiger partial charge in [-0.05, 0) is 29.3 Å². The van der Waals surface area contributed by atoms with Gasteiger partial charge in [-0.25, -0.2) is 0 Å². The highest BCUT2D eigenvalue weighted by Crippen LogP contribution is 2.24. The number of para-hydroxylation sites is 1. The highest BCUT2D eigenvalue weighted by molar-refractivity contribution is 7.10. The molecule has 2 aromatic rings. The zero-order valence-electron chi connectivity index (χ0n) is 9.30. The minimum absolute atomic E-state index is 0.826. The second-order valence-electron chi connectivity index (χ2n) is 3.67. The van der Waals surface area contributed by atoms with Crippen LogP contribution in [-0.2, 0) is 6.42 Å². The second kappa shape index (κ2) is 6.00. The quantitative estimate of drug-likeness (QED) is 0.785. The summed E-state index contributed by atoms with van der Waals surface area (Å²) in [4.78, 5) is 0. The number of benzene rings is 2. The van der Waals surface area contributed by atoms with Crippen molar-refractivity contribution in [2.75, 3.05) is 0 Å². The van der Waals surface area contributed by atoms with Crippen molar-refractivity contribution in [1.29, 1.82) is 0 Å². The van der Waals surface area contributed by atoms with E-state index in [4.69, 9.17) is 9.05 Å². The minimum atomic E-state index is 0.826. The molecule has 17 heavy (non-hydrogen) atoms. The van der Waals surface area contributed by atoms with E-state index in [1.807, 2.05) is 36.4 Å². The minimum Gasteiger partial charge on any atom is -0.480 e. The first-order valence-corrected chi connectivity index (χ1v) is 6.18. The largest absolute Gasteiger partial charge is 0.480 e. The maximum Gasteiger partial charge on any atom is 0.126 e. The monoisotopic (exact) mass is 264 g/mol. The zero-order chi connectivity index (χ0) is 12.1. The Hall–Kier alpha value is -1.10. The first-order valence-electron chi connectivity index (χ1n) is 5.24. The molecule has 0 spiro atoms. The van der Waals surface area contributed by atoms with Crippen LogP contribution in [0.1, 0.15) is 11.1 Å². The van der Waals surface area contributed by atoms with Crippen molar-refractivity contribution in [3.63, 3.8) is 0 Å². The van der Waals surface area contributed by atoms with Crippen LogP contribution >= 0.6 is 18.9 Å². The summed E-state index contributed by atoms with van der Waals surface area (Å²) >= 11 is 0. The van der Waals surface area contributed by atoms with Crippen molar-refractivity contribution in [3.05, 3.63) is 59.7 Å². The molecule has 0 aliphatic rings. The Balaban J connectivity index is 2.24. The Morgan fingerprint density at radius 2 is 1.71 bits per heavy atom. The third-order valence-corrected chi connectivity index (χ3v) is 3.05. The van der Waals surface area contributed by atoms with Gasteiger partial charge in [-0.3, -0.25) is 0 Å². The molecule has 0 saturated heterocycles. The Morgan fingerprint density at radius 1 is 0.882 bits per heavy atom. The van der Waals surface area contributed by atoms with Crippen LogP contribution < -0.4 is 9.05 Å². The summed E-state index contributed by atoms with van der Waals surface area (Å²) in [7, 11) is 4.54. The van der Waals surface area contributed by atoms with Crippen LogP contribution in [0, 0.1) is 0 Å². The van der Waals surface area contributed by atoms with E-state index >= 15 is 0 Å². The van der Waals surface area contributed by atoms with E-state index in [0.717, 1.165) is 23.5 Å². The number of rotatable bonds is 4. The van der Waals surface area contributed by atoms with E-state index in [1.165, 1.54) is 5.56 Å². The van der Waals surface area contributed by atoms with Gasteiger partial charge in [0.1, 0.15) is 11.5 Å². The maximum absolute atomic E-state index is 5.26. The molecule has 2 rings (SSSR count). The Bertz CT molecular complexity index is 500. The molecule has 0 radical (unpaired) electrons. The van der Waals surface area contributed by atoms with Crippen LogP contribution in [0.5, 0.6) is 11.5 Å². The first-order chi connectivity index (χ1) is 8.33. The average molecular weight is 264 g/mol. The topological polar surface area (TPSA) is 18.5 Å². The molecule has 2 unspecified atom stereocenters. The van der Waals surface area contributed by atoms with E-state index in [-0.39, 0.29) is 0 Å². The molecule has 0 heterocycles. The molecule has 88 valence electrons. The van der Waals surface area contributed by atoms with Crippen molar-refractivity contribution in [1.82, 2.24) is 0 Å². The summed E-state index contributed by atoms with van der Waals surface area (Å²) in [6.07, 6.45) is 0.826.